The molecule has 0 spiro atoms. The quantitative estimate of drug-likeness (QED) is 0.783. The van der Waals surface area contributed by atoms with E-state index in [-0.39, 0.29) is 22.7 Å². The van der Waals surface area contributed by atoms with E-state index in [4.69, 9.17) is 4.52 Å². The Labute approximate surface area is 139 Å². The number of aryl methyl sites for hydroxylation is 2. The molecule has 25 heavy (non-hydrogen) atoms. The lowest BCUT2D eigenvalue weighted by molar-refractivity contribution is -0.137. The van der Waals surface area contributed by atoms with Crippen molar-refractivity contribution in [1.82, 2.24) is 19.9 Å². The van der Waals surface area contributed by atoms with Crippen LogP contribution in [-0.4, -0.2) is 25.8 Å². The number of carbonyl (C=O) groups is 1. The van der Waals surface area contributed by atoms with Crippen LogP contribution in [0.25, 0.3) is 5.69 Å². The summed E-state index contributed by atoms with van der Waals surface area (Å²) in [5, 5.41) is 10.0. The summed E-state index contributed by atoms with van der Waals surface area (Å²) in [4.78, 5) is 16.2. The first-order chi connectivity index (χ1) is 11.8. The summed E-state index contributed by atoms with van der Waals surface area (Å²) in [6, 6.07) is 2.95. The maximum atomic E-state index is 13.0. The number of hydrogen-bond acceptors (Lipinski definition) is 5. The van der Waals surface area contributed by atoms with Crippen molar-refractivity contribution in [1.29, 1.82) is 0 Å². The lowest BCUT2D eigenvalue weighted by Crippen LogP contribution is -2.16. The van der Waals surface area contributed by atoms with Crippen molar-refractivity contribution in [3.63, 3.8) is 0 Å². The Balaban J connectivity index is 2.05. The molecule has 2 aromatic heterocycles. The number of halogens is 3. The van der Waals surface area contributed by atoms with Gasteiger partial charge in [0.25, 0.3) is 5.91 Å². The highest BCUT2D eigenvalue weighted by Crippen LogP contribution is 2.33. The summed E-state index contributed by atoms with van der Waals surface area (Å²) in [6.07, 6.45) is -2.00. The molecule has 0 aliphatic carbocycles. The number of rotatable bonds is 3. The van der Waals surface area contributed by atoms with Gasteiger partial charge in [-0.15, -0.1) is 0 Å². The average Bonchev–Trinajstić information content (AvgIpc) is 3.16. The van der Waals surface area contributed by atoms with E-state index in [1.165, 1.54) is 23.4 Å². The molecular weight excluding hydrogens is 339 g/mol. The van der Waals surface area contributed by atoms with Crippen molar-refractivity contribution in [3.8, 4) is 5.69 Å². The maximum absolute atomic E-state index is 13.0. The summed E-state index contributed by atoms with van der Waals surface area (Å²) in [5.74, 6) is -0.360. The standard InChI is InChI=1S/C15H12F3N5O2/c1-8-13(9(2)25-22-8)14(24)21-11-5-10(15(16,17)18)3-4-12(11)23-7-19-6-20-23/h3-7H,1-2H3,(H,21,24). The van der Waals surface area contributed by atoms with Gasteiger partial charge < -0.3 is 9.84 Å². The molecule has 130 valence electrons. The number of alkyl halides is 3. The van der Waals surface area contributed by atoms with Crippen LogP contribution in [0.3, 0.4) is 0 Å². The molecule has 0 bridgehead atoms. The Hall–Kier alpha value is -3.17. The third-order valence-corrected chi connectivity index (χ3v) is 3.50. The number of amides is 1. The minimum absolute atomic E-state index is 0.0645. The summed E-state index contributed by atoms with van der Waals surface area (Å²) in [6.45, 7) is 3.11. The van der Waals surface area contributed by atoms with Crippen molar-refractivity contribution >= 4 is 11.6 Å². The largest absolute Gasteiger partial charge is 0.416 e. The zero-order valence-corrected chi connectivity index (χ0v) is 13.1. The Morgan fingerprint density at radius 1 is 1.28 bits per heavy atom. The summed E-state index contributed by atoms with van der Waals surface area (Å²) < 4.78 is 45.2. The average molecular weight is 351 g/mol. The second-order valence-corrected chi connectivity index (χ2v) is 5.22. The van der Waals surface area contributed by atoms with E-state index in [0.717, 1.165) is 12.1 Å². The van der Waals surface area contributed by atoms with Gasteiger partial charge in [0.15, 0.2) is 0 Å². The minimum Gasteiger partial charge on any atom is -0.361 e. The minimum atomic E-state index is -4.55. The van der Waals surface area contributed by atoms with Gasteiger partial charge in [0.1, 0.15) is 24.0 Å². The monoisotopic (exact) mass is 351 g/mol. The molecule has 3 aromatic rings. The molecule has 0 aliphatic heterocycles. The Morgan fingerprint density at radius 3 is 2.60 bits per heavy atom. The maximum Gasteiger partial charge on any atom is 0.416 e. The third-order valence-electron chi connectivity index (χ3n) is 3.50. The summed E-state index contributed by atoms with van der Waals surface area (Å²) in [7, 11) is 0. The summed E-state index contributed by atoms with van der Waals surface area (Å²) >= 11 is 0. The molecule has 7 nitrogen and oxygen atoms in total. The number of aromatic nitrogens is 4. The highest BCUT2D eigenvalue weighted by atomic mass is 19.4. The number of anilines is 1. The van der Waals surface area contributed by atoms with Gasteiger partial charge in [-0.1, -0.05) is 5.16 Å². The van der Waals surface area contributed by atoms with Gasteiger partial charge in [-0.05, 0) is 32.0 Å². The van der Waals surface area contributed by atoms with Gasteiger partial charge in [-0.3, -0.25) is 4.79 Å². The molecule has 3 rings (SSSR count). The molecule has 10 heteroatoms. The molecule has 0 saturated heterocycles. The third kappa shape index (κ3) is 3.23. The fraction of sp³-hybridized carbons (Fsp3) is 0.200. The molecule has 0 aliphatic rings. The van der Waals surface area contributed by atoms with Crippen molar-refractivity contribution in [2.45, 2.75) is 20.0 Å². The number of hydrogen-bond donors (Lipinski definition) is 1. The smallest absolute Gasteiger partial charge is 0.361 e. The lowest BCUT2D eigenvalue weighted by atomic mass is 10.1. The van der Waals surface area contributed by atoms with E-state index >= 15 is 0 Å². The zero-order chi connectivity index (χ0) is 18.2. The lowest BCUT2D eigenvalue weighted by Gasteiger charge is -2.14. The molecule has 1 aromatic carbocycles. The van der Waals surface area contributed by atoms with E-state index in [1.807, 2.05) is 0 Å². The van der Waals surface area contributed by atoms with Crippen LogP contribution in [0.5, 0.6) is 0 Å². The van der Waals surface area contributed by atoms with E-state index < -0.39 is 17.6 Å². The van der Waals surface area contributed by atoms with Crippen molar-refractivity contribution in [2.75, 3.05) is 5.32 Å². The number of carbonyl (C=O) groups excluding carboxylic acids is 1. The fourth-order valence-electron chi connectivity index (χ4n) is 2.34. The van der Waals surface area contributed by atoms with Crippen molar-refractivity contribution in [2.24, 2.45) is 0 Å². The molecule has 2 heterocycles. The van der Waals surface area contributed by atoms with Gasteiger partial charge in [0.2, 0.25) is 0 Å². The molecule has 0 radical (unpaired) electrons. The van der Waals surface area contributed by atoms with E-state index in [9.17, 15) is 18.0 Å². The highest BCUT2D eigenvalue weighted by molar-refractivity contribution is 6.06. The normalized spacial score (nSPS) is 11.6. The van der Waals surface area contributed by atoms with Crippen LogP contribution in [-0.2, 0) is 6.18 Å². The molecule has 1 N–H and O–H groups in total. The first kappa shape index (κ1) is 16.7. The van der Waals surface area contributed by atoms with Crippen molar-refractivity contribution < 1.29 is 22.5 Å². The Kier molecular flexibility index (Phi) is 4.03. The van der Waals surface area contributed by atoms with Gasteiger partial charge in [-0.2, -0.15) is 18.3 Å². The van der Waals surface area contributed by atoms with Crippen LogP contribution in [0.15, 0.2) is 35.4 Å². The van der Waals surface area contributed by atoms with Gasteiger partial charge in [0, 0.05) is 0 Å². The van der Waals surface area contributed by atoms with Gasteiger partial charge in [-0.25, -0.2) is 9.67 Å². The SMILES string of the molecule is Cc1noc(C)c1C(=O)Nc1cc(C(F)(F)F)ccc1-n1cncn1. The first-order valence-corrected chi connectivity index (χ1v) is 7.08. The van der Waals surface area contributed by atoms with Crippen LogP contribution < -0.4 is 5.32 Å². The number of benzene rings is 1. The molecule has 1 amide bonds. The molecule has 0 fully saturated rings. The highest BCUT2D eigenvalue weighted by Gasteiger charge is 2.31. The van der Waals surface area contributed by atoms with Crippen LogP contribution in [0, 0.1) is 13.8 Å². The van der Waals surface area contributed by atoms with Gasteiger partial charge in [0.05, 0.1) is 22.6 Å². The topological polar surface area (TPSA) is 85.8 Å². The van der Waals surface area contributed by atoms with E-state index in [1.54, 1.807) is 13.8 Å². The van der Waals surface area contributed by atoms with Crippen LogP contribution in [0.4, 0.5) is 18.9 Å². The molecule has 0 saturated carbocycles. The fourth-order valence-corrected chi connectivity index (χ4v) is 2.34. The van der Waals surface area contributed by atoms with E-state index in [2.05, 4.69) is 20.6 Å². The predicted octanol–water partition coefficient (Wildman–Crippen LogP) is 3.14. The Bertz CT molecular complexity index is 896. The second kappa shape index (κ2) is 6.04. The molecule has 0 unspecified atom stereocenters. The molecular formula is C15H12F3N5O2. The van der Waals surface area contributed by atoms with Crippen LogP contribution >= 0.6 is 0 Å². The Morgan fingerprint density at radius 2 is 2.04 bits per heavy atom. The summed E-state index contributed by atoms with van der Waals surface area (Å²) in [5.41, 5.74) is -0.215. The zero-order valence-electron chi connectivity index (χ0n) is 13.1. The number of nitrogens with one attached hydrogen (secondary N) is 1. The number of nitrogens with zero attached hydrogens (tertiary/aromatic N) is 4. The second-order valence-electron chi connectivity index (χ2n) is 5.22. The van der Waals surface area contributed by atoms with Crippen LogP contribution in [0.2, 0.25) is 0 Å². The van der Waals surface area contributed by atoms with Crippen molar-refractivity contribution in [3.05, 3.63) is 53.4 Å². The molecule has 0 atom stereocenters. The first-order valence-electron chi connectivity index (χ1n) is 7.08. The van der Waals surface area contributed by atoms with E-state index in [0.29, 0.717) is 5.69 Å². The van der Waals surface area contributed by atoms with Crippen LogP contribution in [0.1, 0.15) is 27.4 Å². The van der Waals surface area contributed by atoms with Gasteiger partial charge >= 0.3 is 6.18 Å². The predicted molar refractivity (Wildman–Crippen MR) is 80.3 cm³/mol.